The molecule has 4 heteroatoms. The van der Waals surface area contributed by atoms with Gasteiger partial charge in [-0.3, -0.25) is 9.69 Å². The van der Waals surface area contributed by atoms with E-state index in [0.717, 1.165) is 32.5 Å². The Labute approximate surface area is 120 Å². The molecule has 0 amide bonds. The Hall–Kier alpha value is -1.39. The minimum absolute atomic E-state index is 0.666. The molecule has 1 unspecified atom stereocenters. The molecule has 1 aromatic carbocycles. The Kier molecular flexibility index (Phi) is 4.78. The van der Waals surface area contributed by atoms with Crippen molar-refractivity contribution in [2.24, 2.45) is 0 Å². The number of likely N-dealkylation sites (N-methyl/N-ethyl adjacent to an activating group) is 1. The number of carboxylic acid groups (broad SMARTS) is 1. The van der Waals surface area contributed by atoms with Crippen LogP contribution >= 0.6 is 0 Å². The molecule has 110 valence electrons. The van der Waals surface area contributed by atoms with Crippen LogP contribution in [0, 0.1) is 0 Å². The Morgan fingerprint density at radius 1 is 1.30 bits per heavy atom. The molecule has 1 heterocycles. The molecule has 4 nitrogen and oxygen atoms in total. The molecule has 0 spiro atoms. The predicted molar refractivity (Wildman–Crippen MR) is 79.5 cm³/mol. The van der Waals surface area contributed by atoms with Crippen LogP contribution in [-0.2, 0) is 17.9 Å². The number of hydrogen-bond donors (Lipinski definition) is 2. The first kappa shape index (κ1) is 15.0. The number of carbonyl (C=O) groups is 1. The van der Waals surface area contributed by atoms with E-state index in [2.05, 4.69) is 34.5 Å². The van der Waals surface area contributed by atoms with Crippen LogP contribution in [0.3, 0.4) is 0 Å². The highest BCUT2D eigenvalue weighted by Crippen LogP contribution is 2.23. The third-order valence-corrected chi connectivity index (χ3v) is 4.33. The first-order chi connectivity index (χ1) is 9.55. The van der Waals surface area contributed by atoms with Crippen LogP contribution in [-0.4, -0.2) is 35.1 Å². The molecule has 0 radical (unpaired) electrons. The lowest BCUT2D eigenvalue weighted by Crippen LogP contribution is -2.47. The van der Waals surface area contributed by atoms with Crippen LogP contribution in [0.5, 0.6) is 0 Å². The summed E-state index contributed by atoms with van der Waals surface area (Å²) in [5, 5.41) is 12.1. The van der Waals surface area contributed by atoms with Gasteiger partial charge < -0.3 is 10.4 Å². The largest absolute Gasteiger partial charge is 0.480 e. The second-order valence-electron chi connectivity index (χ2n) is 5.82. The summed E-state index contributed by atoms with van der Waals surface area (Å²) in [5.41, 5.74) is 2.06. The molecule has 2 rings (SSSR count). The molecule has 1 aliphatic rings. The molecule has 0 aliphatic carbocycles. The van der Waals surface area contributed by atoms with Gasteiger partial charge in [-0.25, -0.2) is 0 Å². The molecule has 1 aliphatic heterocycles. The van der Waals surface area contributed by atoms with Crippen LogP contribution in [0.4, 0.5) is 0 Å². The zero-order valence-corrected chi connectivity index (χ0v) is 12.4. The Morgan fingerprint density at radius 2 is 1.90 bits per heavy atom. The summed E-state index contributed by atoms with van der Waals surface area (Å²) in [6.07, 6.45) is 2.63. The van der Waals surface area contributed by atoms with Crippen molar-refractivity contribution in [2.75, 3.05) is 13.6 Å². The average molecular weight is 276 g/mol. The summed E-state index contributed by atoms with van der Waals surface area (Å²) in [4.78, 5) is 13.6. The number of fused-ring (bicyclic) bond motifs is 1. The summed E-state index contributed by atoms with van der Waals surface area (Å²) in [6.45, 7) is 4.84. The lowest BCUT2D eigenvalue weighted by atomic mass is 9.95. The van der Waals surface area contributed by atoms with Gasteiger partial charge in [0.15, 0.2) is 0 Å². The summed E-state index contributed by atoms with van der Waals surface area (Å²) in [6, 6.07) is 8.57. The summed E-state index contributed by atoms with van der Waals surface area (Å²) >= 11 is 0. The Balaban J connectivity index is 1.72. The van der Waals surface area contributed by atoms with Crippen LogP contribution in [0.15, 0.2) is 24.3 Å². The number of rotatable bonds is 7. The van der Waals surface area contributed by atoms with Gasteiger partial charge in [-0.05, 0) is 50.9 Å². The molecule has 0 fully saturated rings. The van der Waals surface area contributed by atoms with E-state index in [9.17, 15) is 9.90 Å². The topological polar surface area (TPSA) is 52.6 Å². The fourth-order valence-electron chi connectivity index (χ4n) is 2.71. The van der Waals surface area contributed by atoms with Gasteiger partial charge in [-0.15, -0.1) is 0 Å². The maximum absolute atomic E-state index is 11.2. The van der Waals surface area contributed by atoms with Gasteiger partial charge in [-0.2, -0.15) is 0 Å². The molecule has 0 bridgehead atoms. The highest BCUT2D eigenvalue weighted by atomic mass is 16.4. The Morgan fingerprint density at radius 3 is 2.40 bits per heavy atom. The standard InChI is InChI=1S/C16H24N2O2/c1-16(17-2,15(19)20)9-5-6-10-18-11-13-7-3-4-8-14(13)12-18/h3-4,7-8,17H,5-6,9-12H2,1-2H3,(H,19,20). The normalized spacial score (nSPS) is 17.7. The van der Waals surface area contributed by atoms with Crippen molar-refractivity contribution >= 4 is 5.97 Å². The van der Waals surface area contributed by atoms with Crippen molar-refractivity contribution in [2.45, 2.75) is 44.8 Å². The van der Waals surface area contributed by atoms with Crippen LogP contribution in [0.2, 0.25) is 0 Å². The zero-order valence-electron chi connectivity index (χ0n) is 12.4. The van der Waals surface area contributed by atoms with Crippen molar-refractivity contribution in [3.05, 3.63) is 35.4 Å². The first-order valence-electron chi connectivity index (χ1n) is 7.26. The van der Waals surface area contributed by atoms with Crippen LogP contribution in [0.25, 0.3) is 0 Å². The molecule has 1 atom stereocenters. The third-order valence-electron chi connectivity index (χ3n) is 4.33. The van der Waals surface area contributed by atoms with Crippen LogP contribution < -0.4 is 5.32 Å². The molecule has 1 aromatic rings. The van der Waals surface area contributed by atoms with Gasteiger partial charge in [0.2, 0.25) is 0 Å². The number of aliphatic carboxylic acids is 1. The number of unbranched alkanes of at least 4 members (excludes halogenated alkanes) is 1. The molecular formula is C16H24N2O2. The van der Waals surface area contributed by atoms with E-state index in [1.54, 1.807) is 14.0 Å². The molecule has 2 N–H and O–H groups in total. The van der Waals surface area contributed by atoms with E-state index in [1.807, 2.05) is 0 Å². The highest BCUT2D eigenvalue weighted by Gasteiger charge is 2.30. The van der Waals surface area contributed by atoms with E-state index >= 15 is 0 Å². The van der Waals surface area contributed by atoms with Gasteiger partial charge in [0.05, 0.1) is 0 Å². The quantitative estimate of drug-likeness (QED) is 0.750. The first-order valence-corrected chi connectivity index (χ1v) is 7.26. The Bertz CT molecular complexity index is 450. The van der Waals surface area contributed by atoms with E-state index < -0.39 is 11.5 Å². The SMILES string of the molecule is CNC(C)(CCCCN1Cc2ccccc2C1)C(=O)O. The van der Waals surface area contributed by atoms with Gasteiger partial charge >= 0.3 is 5.97 Å². The zero-order chi connectivity index (χ0) is 14.6. The van der Waals surface area contributed by atoms with Crippen molar-refractivity contribution < 1.29 is 9.90 Å². The van der Waals surface area contributed by atoms with E-state index in [-0.39, 0.29) is 0 Å². The summed E-state index contributed by atoms with van der Waals surface area (Å²) in [5.74, 6) is -0.770. The molecular weight excluding hydrogens is 252 g/mol. The molecule has 0 saturated heterocycles. The number of hydrogen-bond acceptors (Lipinski definition) is 3. The maximum atomic E-state index is 11.2. The van der Waals surface area contributed by atoms with E-state index in [0.29, 0.717) is 6.42 Å². The van der Waals surface area contributed by atoms with Crippen LogP contribution in [0.1, 0.15) is 37.3 Å². The lowest BCUT2D eigenvalue weighted by molar-refractivity contribution is -0.144. The van der Waals surface area contributed by atoms with Gasteiger partial charge in [0.25, 0.3) is 0 Å². The maximum Gasteiger partial charge on any atom is 0.323 e. The highest BCUT2D eigenvalue weighted by molar-refractivity contribution is 5.78. The van der Waals surface area contributed by atoms with Gasteiger partial charge in [0.1, 0.15) is 5.54 Å². The smallest absolute Gasteiger partial charge is 0.323 e. The van der Waals surface area contributed by atoms with Gasteiger partial charge in [0, 0.05) is 13.1 Å². The number of carboxylic acids is 1. The fourth-order valence-corrected chi connectivity index (χ4v) is 2.71. The monoisotopic (exact) mass is 276 g/mol. The van der Waals surface area contributed by atoms with Gasteiger partial charge in [-0.1, -0.05) is 24.3 Å². The second kappa shape index (κ2) is 6.37. The lowest BCUT2D eigenvalue weighted by Gasteiger charge is -2.24. The minimum atomic E-state index is -0.798. The van der Waals surface area contributed by atoms with Crippen molar-refractivity contribution in [3.63, 3.8) is 0 Å². The molecule has 0 saturated carbocycles. The summed E-state index contributed by atoms with van der Waals surface area (Å²) in [7, 11) is 1.71. The van der Waals surface area contributed by atoms with E-state index in [1.165, 1.54) is 11.1 Å². The fraction of sp³-hybridized carbons (Fsp3) is 0.562. The third kappa shape index (κ3) is 3.38. The number of nitrogens with zero attached hydrogens (tertiary/aromatic N) is 1. The van der Waals surface area contributed by atoms with E-state index in [4.69, 9.17) is 0 Å². The van der Waals surface area contributed by atoms with Crippen molar-refractivity contribution in [3.8, 4) is 0 Å². The molecule has 20 heavy (non-hydrogen) atoms. The predicted octanol–water partition coefficient (Wildman–Crippen LogP) is 2.24. The molecule has 0 aromatic heterocycles. The van der Waals surface area contributed by atoms with Crippen molar-refractivity contribution in [1.29, 1.82) is 0 Å². The van der Waals surface area contributed by atoms with Crippen molar-refractivity contribution in [1.82, 2.24) is 10.2 Å². The summed E-state index contributed by atoms with van der Waals surface area (Å²) < 4.78 is 0. The second-order valence-corrected chi connectivity index (χ2v) is 5.82. The minimum Gasteiger partial charge on any atom is -0.480 e. The number of nitrogens with one attached hydrogen (secondary N) is 1. The number of benzene rings is 1. The average Bonchev–Trinajstić information content (AvgIpc) is 2.85.